The summed E-state index contributed by atoms with van der Waals surface area (Å²) in [5.41, 5.74) is -6.64. The van der Waals surface area contributed by atoms with Crippen LogP contribution in [0.1, 0.15) is 79.1 Å². The Balaban J connectivity index is 1.31. The van der Waals surface area contributed by atoms with Gasteiger partial charge in [-0.1, -0.05) is 31.0 Å². The largest absolute Gasteiger partial charge is 0.488 e. The van der Waals surface area contributed by atoms with Gasteiger partial charge in [0.05, 0.1) is 35.7 Å². The highest BCUT2D eigenvalue weighted by Crippen LogP contribution is 2.50. The average molecular weight is 944 g/mol. The number of halogens is 7. The highest BCUT2D eigenvalue weighted by Gasteiger charge is 2.63. The van der Waals surface area contributed by atoms with E-state index in [1.165, 1.54) is 6.07 Å². The van der Waals surface area contributed by atoms with Crippen LogP contribution in [0.3, 0.4) is 0 Å². The molecule has 1 unspecified atom stereocenters. The zero-order valence-corrected chi connectivity index (χ0v) is 36.2. The molecule has 1 aromatic carbocycles. The quantitative estimate of drug-likeness (QED) is 0.175. The highest BCUT2D eigenvalue weighted by atomic mass is 35.5. The van der Waals surface area contributed by atoms with E-state index in [0.717, 1.165) is 4.90 Å². The van der Waals surface area contributed by atoms with Crippen molar-refractivity contribution in [2.75, 3.05) is 26.4 Å². The van der Waals surface area contributed by atoms with E-state index < -0.39 is 99.7 Å². The van der Waals surface area contributed by atoms with Crippen molar-refractivity contribution in [3.63, 3.8) is 0 Å². The van der Waals surface area contributed by atoms with Gasteiger partial charge in [0.25, 0.3) is 5.91 Å². The van der Waals surface area contributed by atoms with Crippen LogP contribution in [0.4, 0.5) is 31.1 Å². The Morgan fingerprint density at radius 3 is 2.33 bits per heavy atom. The van der Waals surface area contributed by atoms with Crippen LogP contribution < -0.4 is 24.8 Å². The first-order chi connectivity index (χ1) is 29.3. The molecule has 3 N–H and O–H groups in total. The van der Waals surface area contributed by atoms with Crippen LogP contribution >= 0.6 is 11.6 Å². The molecule has 16 nitrogen and oxygen atoms in total. The normalized spacial score (nSPS) is 24.3. The van der Waals surface area contributed by atoms with Crippen molar-refractivity contribution in [2.24, 2.45) is 11.8 Å². The third-order valence-corrected chi connectivity index (χ3v) is 13.0. The van der Waals surface area contributed by atoms with E-state index in [2.05, 4.69) is 15.6 Å². The number of alkyl carbamates (subject to hydrolysis) is 1. The summed E-state index contributed by atoms with van der Waals surface area (Å²) in [5, 5.41) is 5.56. The van der Waals surface area contributed by atoms with Crippen LogP contribution in [0.2, 0.25) is 5.02 Å². The highest BCUT2D eigenvalue weighted by molar-refractivity contribution is 7.85. The summed E-state index contributed by atoms with van der Waals surface area (Å²) in [5.74, 6) is -4.21. The number of hydrogen-bond acceptors (Lipinski definition) is 12. The van der Waals surface area contributed by atoms with E-state index in [1.54, 1.807) is 36.8 Å². The second-order valence-electron chi connectivity index (χ2n) is 16.7. The fourth-order valence-electron chi connectivity index (χ4n) is 7.96. The number of fused-ring (bicyclic) bond motifs is 1. The molecule has 5 atom stereocenters. The zero-order chi connectivity index (χ0) is 46.3. The molecule has 24 heteroatoms. The number of carbonyl (C=O) groups is 4. The number of likely N-dealkylation sites (tertiary alicyclic amines) is 1. The molecule has 6 rings (SSSR count). The molecule has 2 aliphatic heterocycles. The van der Waals surface area contributed by atoms with Crippen LogP contribution in [0, 0.1) is 11.8 Å². The molecule has 0 radical (unpaired) electrons. The maximum atomic E-state index is 14.8. The number of ether oxygens (including phenoxy) is 4. The van der Waals surface area contributed by atoms with Crippen LogP contribution in [-0.4, -0.2) is 116 Å². The molecule has 4 fully saturated rings. The summed E-state index contributed by atoms with van der Waals surface area (Å²) in [6.45, 7) is 4.77. The predicted octanol–water partition coefficient (Wildman–Crippen LogP) is 5.65. The number of para-hydroxylation sites is 1. The number of rotatable bonds is 16. The molecule has 2 aromatic rings. The second kappa shape index (κ2) is 17.9. The Morgan fingerprint density at radius 2 is 1.75 bits per heavy atom. The summed E-state index contributed by atoms with van der Waals surface area (Å²) >= 11 is 6.46. The molecule has 0 bridgehead atoms. The van der Waals surface area contributed by atoms with Gasteiger partial charge in [-0.25, -0.2) is 18.7 Å². The number of carbonyl (C=O) groups excluding carboxylic acids is 4. The van der Waals surface area contributed by atoms with Crippen LogP contribution in [-0.2, 0) is 38.3 Å². The van der Waals surface area contributed by atoms with Crippen molar-refractivity contribution in [1.82, 2.24) is 25.2 Å². The van der Waals surface area contributed by atoms with Crippen LogP contribution in [0.15, 0.2) is 24.3 Å². The molecule has 4 amide bonds. The Kier molecular flexibility index (Phi) is 13.7. The van der Waals surface area contributed by atoms with Crippen molar-refractivity contribution in [3.8, 4) is 11.6 Å². The third-order valence-electron chi connectivity index (χ3n) is 11.7. The molecule has 2 aliphatic carbocycles. The van der Waals surface area contributed by atoms with Crippen LogP contribution in [0.25, 0.3) is 10.9 Å². The minimum absolute atomic E-state index is 0.0953. The van der Waals surface area contributed by atoms with Crippen molar-refractivity contribution in [1.29, 1.82) is 0 Å². The molecule has 3 heterocycles. The molecule has 2 saturated carbocycles. The van der Waals surface area contributed by atoms with Gasteiger partial charge in [0.1, 0.15) is 29.5 Å². The Hall–Kier alpha value is -4.35. The fraction of sp³-hybridized carbons (Fsp3) is 0.667. The predicted molar refractivity (Wildman–Crippen MR) is 210 cm³/mol. The number of nitrogens with one attached hydrogen (secondary N) is 3. The first kappa shape index (κ1) is 48.1. The monoisotopic (exact) mass is 943 g/mol. The maximum absolute atomic E-state index is 14.8. The van der Waals surface area contributed by atoms with Crippen molar-refractivity contribution < 1.29 is 77.1 Å². The van der Waals surface area contributed by atoms with Gasteiger partial charge in [0.15, 0.2) is 0 Å². The summed E-state index contributed by atoms with van der Waals surface area (Å²) in [7, 11) is -5.12. The molecule has 0 spiro atoms. The summed E-state index contributed by atoms with van der Waals surface area (Å²) in [4.78, 5) is 61.6. The molecular weight excluding hydrogens is 896 g/mol. The number of nitrogens with zero attached hydrogens (tertiary/aromatic N) is 2. The van der Waals surface area contributed by atoms with Gasteiger partial charge in [0, 0.05) is 31.1 Å². The van der Waals surface area contributed by atoms with Gasteiger partial charge >= 0.3 is 28.8 Å². The van der Waals surface area contributed by atoms with Gasteiger partial charge in [-0.05, 0) is 76.8 Å². The summed E-state index contributed by atoms with van der Waals surface area (Å²) < 4.78 is 135. The molecule has 350 valence electrons. The molecule has 63 heavy (non-hydrogen) atoms. The van der Waals surface area contributed by atoms with E-state index in [9.17, 15) is 53.9 Å². The Morgan fingerprint density at radius 1 is 1.06 bits per heavy atom. The molecule has 4 aliphatic rings. The third kappa shape index (κ3) is 11.1. The topological polar surface area (TPSA) is 201 Å². The van der Waals surface area contributed by atoms with Gasteiger partial charge < -0.3 is 34.5 Å². The van der Waals surface area contributed by atoms with E-state index in [-0.39, 0.29) is 88.0 Å². The van der Waals surface area contributed by atoms with Crippen molar-refractivity contribution in [3.05, 3.63) is 29.3 Å². The summed E-state index contributed by atoms with van der Waals surface area (Å²) in [6, 6.07) is 3.31. The van der Waals surface area contributed by atoms with E-state index in [1.807, 2.05) is 0 Å². The first-order valence-corrected chi connectivity index (χ1v) is 22.1. The van der Waals surface area contributed by atoms with Gasteiger partial charge in [-0.15, -0.1) is 0 Å². The van der Waals surface area contributed by atoms with Crippen molar-refractivity contribution >= 4 is 56.6 Å². The van der Waals surface area contributed by atoms with Gasteiger partial charge in [0.2, 0.25) is 23.3 Å². The summed E-state index contributed by atoms with van der Waals surface area (Å²) in [6.07, 6.45) is -14.1. The smallest absolute Gasteiger partial charge is 0.427 e. The van der Waals surface area contributed by atoms with E-state index in [0.29, 0.717) is 24.8 Å². The standard InChI is InChI=1S/C39H48ClF6N5O11S/c1-5-22-18-37(22,33(54)50-63(56,57)62-36(12-13-36)20-38(41,42)43)49-31(52)26-16-23(60-27-17-28(59-6-2)47-30-24(27)8-7-9-25(30)40)19-51(26)32(53)29(21-10-14-58-15-11-21)48-34(55)61-35(3,4)39(44,45)46/h7-9,17,21-23,26,29H,5-6,10-16,18-20H2,1-4H3,(H,48,55)(H,49,52)(H,50,54)/t22?,23-,26+,29+,37-/m1/s1. The van der Waals surface area contributed by atoms with Gasteiger partial charge in [-0.2, -0.15) is 34.8 Å². The molecule has 1 aromatic heterocycles. The van der Waals surface area contributed by atoms with Crippen molar-refractivity contribution in [2.45, 2.75) is 126 Å². The van der Waals surface area contributed by atoms with E-state index >= 15 is 0 Å². The first-order valence-electron chi connectivity index (χ1n) is 20.3. The maximum Gasteiger partial charge on any atom is 0.427 e. The lowest BCUT2D eigenvalue weighted by atomic mass is 9.90. The molecular formula is C39H48ClF6N5O11S. The number of aromatic nitrogens is 1. The molecule has 2 saturated heterocycles. The van der Waals surface area contributed by atoms with Gasteiger partial charge in [-0.3, -0.25) is 14.4 Å². The number of pyridine rings is 1. The number of hydrogen-bond donors (Lipinski definition) is 3. The van der Waals surface area contributed by atoms with Crippen LogP contribution in [0.5, 0.6) is 11.6 Å². The minimum Gasteiger partial charge on any atom is -0.488 e. The SMILES string of the molecule is CCOc1cc(O[C@@H]2C[C@@H](C(=O)N[C@]3(C(=O)NS(=O)(=O)OC4(CC(F)(F)F)CC4)CC3CC)N(C(=O)[C@@H](NC(=O)OC(C)(C)C(F)(F)F)C3CCOCC3)C2)c2cccc(Cl)c2n1. The minimum atomic E-state index is -5.12. The lowest BCUT2D eigenvalue weighted by molar-refractivity contribution is -0.244. The number of amides is 4. The Labute approximate surface area is 363 Å². The lowest BCUT2D eigenvalue weighted by Gasteiger charge is -2.35. The lowest BCUT2D eigenvalue weighted by Crippen LogP contribution is -2.60. The fourth-order valence-corrected chi connectivity index (χ4v) is 9.31. The zero-order valence-electron chi connectivity index (χ0n) is 34.6. The van der Waals surface area contributed by atoms with E-state index in [4.69, 9.17) is 34.7 Å². The number of alkyl halides is 6. The average Bonchev–Trinajstić information content (AvgIpc) is 4.05. The number of benzene rings is 1. The Bertz CT molecular complexity index is 2190. The second-order valence-corrected chi connectivity index (χ2v) is 18.4.